The van der Waals surface area contributed by atoms with Crippen LogP contribution in [0.1, 0.15) is 11.7 Å². The Morgan fingerprint density at radius 3 is 2.58 bits per heavy atom. The van der Waals surface area contributed by atoms with Gasteiger partial charge >= 0.3 is 0 Å². The fourth-order valence-corrected chi connectivity index (χ4v) is 1.87. The van der Waals surface area contributed by atoms with Crippen LogP contribution in [0.15, 0.2) is 48.8 Å². The third-order valence-corrected chi connectivity index (χ3v) is 2.86. The van der Waals surface area contributed by atoms with Gasteiger partial charge in [0.25, 0.3) is 0 Å². The SMILES string of the molecule is OC(CNCC(O)c1ccccc1)Cn1cccn1. The second-order valence-corrected chi connectivity index (χ2v) is 4.47. The van der Waals surface area contributed by atoms with Crippen LogP contribution in [0.3, 0.4) is 0 Å². The van der Waals surface area contributed by atoms with Gasteiger partial charge in [0.1, 0.15) is 0 Å². The maximum atomic E-state index is 9.93. The van der Waals surface area contributed by atoms with Gasteiger partial charge in [-0.1, -0.05) is 30.3 Å². The Morgan fingerprint density at radius 1 is 1.11 bits per heavy atom. The fraction of sp³-hybridized carbons (Fsp3) is 0.357. The summed E-state index contributed by atoms with van der Waals surface area (Å²) in [6, 6.07) is 11.3. The first kappa shape index (κ1) is 13.7. The summed E-state index contributed by atoms with van der Waals surface area (Å²) in [7, 11) is 0. The smallest absolute Gasteiger partial charge is 0.0914 e. The number of benzene rings is 1. The van der Waals surface area contributed by atoms with E-state index in [0.29, 0.717) is 19.6 Å². The van der Waals surface area contributed by atoms with Crippen LogP contribution in [0, 0.1) is 0 Å². The van der Waals surface area contributed by atoms with E-state index in [9.17, 15) is 10.2 Å². The van der Waals surface area contributed by atoms with Crippen LogP contribution >= 0.6 is 0 Å². The lowest BCUT2D eigenvalue weighted by Gasteiger charge is -2.15. The highest BCUT2D eigenvalue weighted by Crippen LogP contribution is 2.10. The number of aromatic nitrogens is 2. The van der Waals surface area contributed by atoms with E-state index in [1.807, 2.05) is 42.6 Å². The first-order chi connectivity index (χ1) is 9.25. The lowest BCUT2D eigenvalue weighted by Crippen LogP contribution is -2.33. The Bertz CT molecular complexity index is 459. The molecule has 0 aliphatic rings. The Morgan fingerprint density at radius 2 is 1.89 bits per heavy atom. The molecule has 0 saturated carbocycles. The molecule has 0 saturated heterocycles. The second-order valence-electron chi connectivity index (χ2n) is 4.47. The molecular formula is C14H19N3O2. The largest absolute Gasteiger partial charge is 0.390 e. The molecule has 1 aromatic heterocycles. The van der Waals surface area contributed by atoms with Gasteiger partial charge in [0.05, 0.1) is 18.8 Å². The van der Waals surface area contributed by atoms with E-state index < -0.39 is 12.2 Å². The Labute approximate surface area is 112 Å². The molecule has 2 aromatic rings. The molecule has 0 amide bonds. The summed E-state index contributed by atoms with van der Waals surface area (Å²) in [5.41, 5.74) is 0.872. The average Bonchev–Trinajstić information content (AvgIpc) is 2.92. The standard InChI is InChI=1S/C14H19N3O2/c18-13(11-17-8-4-7-16-17)9-15-10-14(19)12-5-2-1-3-6-12/h1-8,13-15,18-19H,9-11H2. The van der Waals surface area contributed by atoms with Crippen molar-refractivity contribution < 1.29 is 10.2 Å². The molecule has 0 spiro atoms. The normalized spacial score (nSPS) is 14.2. The third kappa shape index (κ3) is 4.48. The van der Waals surface area contributed by atoms with Crippen molar-refractivity contribution in [3.63, 3.8) is 0 Å². The van der Waals surface area contributed by atoms with Crippen LogP contribution < -0.4 is 5.32 Å². The molecule has 2 atom stereocenters. The van der Waals surface area contributed by atoms with E-state index in [-0.39, 0.29) is 0 Å². The molecule has 1 aromatic carbocycles. The molecule has 0 aliphatic heterocycles. The number of hydrogen-bond acceptors (Lipinski definition) is 4. The topological polar surface area (TPSA) is 70.3 Å². The maximum absolute atomic E-state index is 9.93. The molecule has 0 bridgehead atoms. The first-order valence-corrected chi connectivity index (χ1v) is 6.35. The molecule has 2 rings (SSSR count). The molecule has 1 heterocycles. The monoisotopic (exact) mass is 261 g/mol. The zero-order valence-electron chi connectivity index (χ0n) is 10.7. The van der Waals surface area contributed by atoms with Crippen LogP contribution in [0.2, 0.25) is 0 Å². The lowest BCUT2D eigenvalue weighted by atomic mass is 10.1. The minimum absolute atomic E-state index is 0.417. The highest BCUT2D eigenvalue weighted by Gasteiger charge is 2.09. The van der Waals surface area contributed by atoms with Crippen molar-refractivity contribution in [3.8, 4) is 0 Å². The van der Waals surface area contributed by atoms with Gasteiger partial charge in [-0.15, -0.1) is 0 Å². The van der Waals surface area contributed by atoms with Gasteiger partial charge in [-0.2, -0.15) is 5.10 Å². The van der Waals surface area contributed by atoms with Gasteiger partial charge in [0.15, 0.2) is 0 Å². The van der Waals surface area contributed by atoms with Gasteiger partial charge in [0.2, 0.25) is 0 Å². The van der Waals surface area contributed by atoms with Gasteiger partial charge in [0, 0.05) is 25.5 Å². The van der Waals surface area contributed by atoms with Crippen molar-refractivity contribution in [2.75, 3.05) is 13.1 Å². The molecule has 5 nitrogen and oxygen atoms in total. The van der Waals surface area contributed by atoms with Crippen LogP contribution in [0.25, 0.3) is 0 Å². The van der Waals surface area contributed by atoms with E-state index in [2.05, 4.69) is 10.4 Å². The third-order valence-electron chi connectivity index (χ3n) is 2.86. The molecular weight excluding hydrogens is 242 g/mol. The Hall–Kier alpha value is -1.69. The average molecular weight is 261 g/mol. The zero-order valence-corrected chi connectivity index (χ0v) is 10.7. The molecule has 102 valence electrons. The number of rotatable bonds is 7. The number of nitrogens with zero attached hydrogens (tertiary/aromatic N) is 2. The minimum Gasteiger partial charge on any atom is -0.390 e. The number of aliphatic hydroxyl groups excluding tert-OH is 2. The molecule has 3 N–H and O–H groups in total. The lowest BCUT2D eigenvalue weighted by molar-refractivity contribution is 0.131. The van der Waals surface area contributed by atoms with Gasteiger partial charge in [-0.3, -0.25) is 4.68 Å². The highest BCUT2D eigenvalue weighted by atomic mass is 16.3. The summed E-state index contributed by atoms with van der Waals surface area (Å²) in [6.45, 7) is 1.28. The summed E-state index contributed by atoms with van der Waals surface area (Å²) < 4.78 is 1.68. The van der Waals surface area contributed by atoms with Crippen LogP contribution in [0.4, 0.5) is 0 Å². The summed E-state index contributed by atoms with van der Waals surface area (Å²) in [4.78, 5) is 0. The van der Waals surface area contributed by atoms with E-state index in [1.165, 1.54) is 0 Å². The molecule has 0 aliphatic carbocycles. The van der Waals surface area contributed by atoms with E-state index in [0.717, 1.165) is 5.56 Å². The van der Waals surface area contributed by atoms with E-state index in [4.69, 9.17) is 0 Å². The summed E-state index contributed by atoms with van der Waals surface area (Å²) in [6.07, 6.45) is 2.41. The second kappa shape index (κ2) is 7.04. The molecule has 5 heteroatoms. The van der Waals surface area contributed by atoms with Crippen molar-refractivity contribution in [3.05, 3.63) is 54.4 Å². The minimum atomic E-state index is -0.557. The van der Waals surface area contributed by atoms with Crippen molar-refractivity contribution in [2.24, 2.45) is 0 Å². The zero-order chi connectivity index (χ0) is 13.5. The Kier molecular flexibility index (Phi) is 5.09. The first-order valence-electron chi connectivity index (χ1n) is 6.35. The summed E-state index contributed by atoms with van der Waals surface area (Å²) in [5.74, 6) is 0. The van der Waals surface area contributed by atoms with Gasteiger partial charge in [-0.25, -0.2) is 0 Å². The highest BCUT2D eigenvalue weighted by molar-refractivity contribution is 5.17. The summed E-state index contributed by atoms with van der Waals surface area (Å²) >= 11 is 0. The van der Waals surface area contributed by atoms with Crippen molar-refractivity contribution >= 4 is 0 Å². The van der Waals surface area contributed by atoms with Crippen LogP contribution in [-0.4, -0.2) is 39.2 Å². The fourth-order valence-electron chi connectivity index (χ4n) is 1.87. The maximum Gasteiger partial charge on any atom is 0.0914 e. The summed E-state index contributed by atoms with van der Waals surface area (Å²) in [5, 5.41) is 26.8. The number of aliphatic hydroxyl groups is 2. The molecule has 0 fully saturated rings. The van der Waals surface area contributed by atoms with Crippen LogP contribution in [0.5, 0.6) is 0 Å². The molecule has 0 radical (unpaired) electrons. The quantitative estimate of drug-likeness (QED) is 0.681. The predicted octanol–water partition coefficient (Wildman–Crippen LogP) is 0.567. The van der Waals surface area contributed by atoms with Crippen LogP contribution in [-0.2, 0) is 6.54 Å². The number of hydrogen-bond donors (Lipinski definition) is 3. The van der Waals surface area contributed by atoms with E-state index in [1.54, 1.807) is 10.9 Å². The van der Waals surface area contributed by atoms with Crippen molar-refractivity contribution in [1.29, 1.82) is 0 Å². The van der Waals surface area contributed by atoms with Gasteiger partial charge < -0.3 is 15.5 Å². The predicted molar refractivity (Wildman–Crippen MR) is 72.5 cm³/mol. The van der Waals surface area contributed by atoms with E-state index >= 15 is 0 Å². The Balaban J connectivity index is 1.68. The molecule has 19 heavy (non-hydrogen) atoms. The number of nitrogens with one attached hydrogen (secondary N) is 1. The van der Waals surface area contributed by atoms with Crippen molar-refractivity contribution in [2.45, 2.75) is 18.8 Å². The van der Waals surface area contributed by atoms with Gasteiger partial charge in [-0.05, 0) is 11.6 Å². The molecule has 2 unspecified atom stereocenters. The van der Waals surface area contributed by atoms with Crippen molar-refractivity contribution in [1.82, 2.24) is 15.1 Å².